The minimum atomic E-state index is -2.38. The Morgan fingerprint density at radius 3 is 2.78 bits per heavy atom. The van der Waals surface area contributed by atoms with E-state index in [4.69, 9.17) is 0 Å². The van der Waals surface area contributed by atoms with Gasteiger partial charge in [-0.05, 0) is 13.8 Å². The van der Waals surface area contributed by atoms with Gasteiger partial charge >= 0.3 is 0 Å². The van der Waals surface area contributed by atoms with E-state index in [9.17, 15) is 8.76 Å². The molecule has 4 heteroatoms. The van der Waals surface area contributed by atoms with Gasteiger partial charge in [-0.25, -0.2) is 4.21 Å². The third-order valence-electron chi connectivity index (χ3n) is 0.876. The maximum absolute atomic E-state index is 9.77. The van der Waals surface area contributed by atoms with Crippen LogP contribution in [0.3, 0.4) is 0 Å². The Hall–Kier alpha value is -0.190. The zero-order chi connectivity index (χ0) is 7.28. The van der Waals surface area contributed by atoms with E-state index in [0.717, 1.165) is 5.57 Å². The lowest BCUT2D eigenvalue weighted by Gasteiger charge is -2.04. The summed E-state index contributed by atoms with van der Waals surface area (Å²) in [4.78, 5) is 0. The summed E-state index contributed by atoms with van der Waals surface area (Å²) in [6, 6.07) is 0. The molecule has 0 bridgehead atoms. The third-order valence-corrected chi connectivity index (χ3v) is 1.19. The third kappa shape index (κ3) is 5.68. The van der Waals surface area contributed by atoms with Crippen LogP contribution >= 0.6 is 0 Å². The molecule has 0 saturated carbocycles. The van der Waals surface area contributed by atoms with Crippen molar-refractivity contribution in [3.63, 3.8) is 0 Å². The highest BCUT2D eigenvalue weighted by Crippen LogP contribution is 1.92. The topological polar surface area (TPSA) is 49.4 Å². The first kappa shape index (κ1) is 8.81. The molecule has 1 unspecified atom stereocenters. The van der Waals surface area contributed by atoms with Gasteiger partial charge < -0.3 is 4.55 Å². The molecule has 0 N–H and O–H groups in total. The van der Waals surface area contributed by atoms with Crippen molar-refractivity contribution in [2.75, 3.05) is 6.61 Å². The Morgan fingerprint density at radius 2 is 2.44 bits per heavy atom. The quantitative estimate of drug-likeness (QED) is 0.439. The fourth-order valence-electron chi connectivity index (χ4n) is 0.224. The molecular weight excluding hydrogens is 140 g/mol. The standard InChI is InChI=1S/C5H10O3S/c1-3-5(2)4-8-9(6)7/h3H,4H2,1-2H3,(H,6,7)/p-1/b5-3+. The first-order chi connectivity index (χ1) is 4.16. The minimum Gasteiger partial charge on any atom is -0.750 e. The average Bonchev–Trinajstić information content (AvgIpc) is 1.83. The Balaban J connectivity index is 3.39. The Kier molecular flexibility index (Phi) is 4.57. The molecule has 3 nitrogen and oxygen atoms in total. The Labute approximate surface area is 57.2 Å². The first-order valence-corrected chi connectivity index (χ1v) is 3.51. The highest BCUT2D eigenvalue weighted by Gasteiger charge is 1.86. The zero-order valence-electron chi connectivity index (χ0n) is 5.42. The Bertz CT molecular complexity index is 130. The van der Waals surface area contributed by atoms with Crippen molar-refractivity contribution in [2.45, 2.75) is 13.8 Å². The summed E-state index contributed by atoms with van der Waals surface area (Å²) in [5.74, 6) is 0. The molecule has 0 aromatic heterocycles. The first-order valence-electron chi connectivity index (χ1n) is 2.51. The molecule has 0 rings (SSSR count). The molecular formula is C5H9O3S-. The number of rotatable bonds is 3. The molecule has 0 aliphatic heterocycles. The van der Waals surface area contributed by atoms with Gasteiger partial charge in [-0.15, -0.1) is 0 Å². The summed E-state index contributed by atoms with van der Waals surface area (Å²) in [7, 11) is 0. The van der Waals surface area contributed by atoms with Gasteiger partial charge in [0.2, 0.25) is 0 Å². The van der Waals surface area contributed by atoms with Crippen LogP contribution in [0.2, 0.25) is 0 Å². The van der Waals surface area contributed by atoms with Crippen LogP contribution in [-0.4, -0.2) is 15.4 Å². The molecule has 0 fully saturated rings. The fourth-order valence-corrected chi connectivity index (χ4v) is 0.507. The lowest BCUT2D eigenvalue weighted by Crippen LogP contribution is -1.98. The molecule has 0 aliphatic rings. The number of hydrogen-bond acceptors (Lipinski definition) is 3. The lowest BCUT2D eigenvalue weighted by molar-refractivity contribution is 0.326. The maximum Gasteiger partial charge on any atom is 0.0845 e. The minimum absolute atomic E-state index is 0.159. The van der Waals surface area contributed by atoms with E-state index in [-0.39, 0.29) is 6.61 Å². The molecule has 0 aliphatic carbocycles. The summed E-state index contributed by atoms with van der Waals surface area (Å²) in [5, 5.41) is 0. The number of allylic oxidation sites excluding steroid dienone is 1. The monoisotopic (exact) mass is 149 g/mol. The molecule has 0 aromatic carbocycles. The van der Waals surface area contributed by atoms with Crippen molar-refractivity contribution in [1.82, 2.24) is 0 Å². The van der Waals surface area contributed by atoms with Gasteiger partial charge in [-0.3, -0.25) is 4.18 Å². The van der Waals surface area contributed by atoms with Crippen molar-refractivity contribution in [3.05, 3.63) is 11.6 Å². The van der Waals surface area contributed by atoms with Crippen molar-refractivity contribution in [1.29, 1.82) is 0 Å². The molecule has 0 radical (unpaired) electrons. The zero-order valence-corrected chi connectivity index (χ0v) is 6.23. The maximum atomic E-state index is 9.77. The molecule has 0 saturated heterocycles. The van der Waals surface area contributed by atoms with Crippen LogP contribution in [0.5, 0.6) is 0 Å². The molecule has 1 atom stereocenters. The van der Waals surface area contributed by atoms with Gasteiger partial charge in [0.15, 0.2) is 0 Å². The van der Waals surface area contributed by atoms with E-state index in [1.165, 1.54) is 0 Å². The van der Waals surface area contributed by atoms with E-state index < -0.39 is 11.4 Å². The molecule has 9 heavy (non-hydrogen) atoms. The van der Waals surface area contributed by atoms with Crippen LogP contribution in [0.4, 0.5) is 0 Å². The summed E-state index contributed by atoms with van der Waals surface area (Å²) in [6.07, 6.45) is 1.80. The largest absolute Gasteiger partial charge is 0.750 e. The van der Waals surface area contributed by atoms with Gasteiger partial charge in [0.05, 0.1) is 18.0 Å². The molecule has 0 spiro atoms. The van der Waals surface area contributed by atoms with Crippen LogP contribution in [0, 0.1) is 0 Å². The van der Waals surface area contributed by atoms with Crippen LogP contribution in [-0.2, 0) is 15.5 Å². The molecule has 0 aromatic rings. The van der Waals surface area contributed by atoms with Crippen molar-refractivity contribution >= 4 is 11.4 Å². The lowest BCUT2D eigenvalue weighted by atomic mass is 10.3. The van der Waals surface area contributed by atoms with Crippen LogP contribution in [0.1, 0.15) is 13.8 Å². The van der Waals surface area contributed by atoms with Crippen LogP contribution in [0.25, 0.3) is 0 Å². The van der Waals surface area contributed by atoms with E-state index in [1.807, 2.05) is 6.92 Å². The van der Waals surface area contributed by atoms with E-state index in [0.29, 0.717) is 0 Å². The van der Waals surface area contributed by atoms with Gasteiger partial charge in [0.1, 0.15) is 0 Å². The van der Waals surface area contributed by atoms with Crippen LogP contribution in [0.15, 0.2) is 11.6 Å². The second kappa shape index (κ2) is 4.67. The predicted octanol–water partition coefficient (Wildman–Crippen LogP) is 0.763. The van der Waals surface area contributed by atoms with Crippen LogP contribution < -0.4 is 0 Å². The fraction of sp³-hybridized carbons (Fsp3) is 0.600. The van der Waals surface area contributed by atoms with Crippen molar-refractivity contribution in [3.8, 4) is 0 Å². The van der Waals surface area contributed by atoms with Gasteiger partial charge in [-0.2, -0.15) is 0 Å². The SMILES string of the molecule is C/C=C(\C)COS(=O)[O-]. The van der Waals surface area contributed by atoms with Gasteiger partial charge in [0, 0.05) is 0 Å². The normalized spacial score (nSPS) is 15.7. The van der Waals surface area contributed by atoms with Gasteiger partial charge in [-0.1, -0.05) is 11.6 Å². The van der Waals surface area contributed by atoms with E-state index in [1.54, 1.807) is 13.0 Å². The number of hydrogen-bond donors (Lipinski definition) is 0. The molecule has 54 valence electrons. The second-order valence-corrected chi connectivity index (χ2v) is 2.25. The summed E-state index contributed by atoms with van der Waals surface area (Å²) < 4.78 is 23.8. The predicted molar refractivity (Wildman–Crippen MR) is 34.3 cm³/mol. The van der Waals surface area contributed by atoms with Crippen molar-refractivity contribution in [2.24, 2.45) is 0 Å². The highest BCUT2D eigenvalue weighted by atomic mass is 32.2. The van der Waals surface area contributed by atoms with E-state index >= 15 is 0 Å². The summed E-state index contributed by atoms with van der Waals surface area (Å²) >= 11 is -2.38. The average molecular weight is 149 g/mol. The Morgan fingerprint density at radius 1 is 1.89 bits per heavy atom. The smallest absolute Gasteiger partial charge is 0.0845 e. The molecule has 0 amide bonds. The summed E-state index contributed by atoms with van der Waals surface area (Å²) in [6.45, 7) is 3.78. The van der Waals surface area contributed by atoms with Crippen molar-refractivity contribution < 1.29 is 12.9 Å². The second-order valence-electron chi connectivity index (χ2n) is 1.60. The molecule has 0 heterocycles. The summed E-state index contributed by atoms with van der Waals surface area (Å²) in [5.41, 5.74) is 0.902. The highest BCUT2D eigenvalue weighted by molar-refractivity contribution is 7.74. The van der Waals surface area contributed by atoms with Gasteiger partial charge in [0.25, 0.3) is 0 Å². The van der Waals surface area contributed by atoms with E-state index in [2.05, 4.69) is 4.18 Å².